The number of amides is 2. The van der Waals surface area contributed by atoms with Gasteiger partial charge in [0.1, 0.15) is 17.7 Å². The normalized spacial score (nSPS) is 18.7. The highest BCUT2D eigenvalue weighted by atomic mass is 19.4. The summed E-state index contributed by atoms with van der Waals surface area (Å²) in [7, 11) is 0. The van der Waals surface area contributed by atoms with E-state index in [-0.39, 0.29) is 23.4 Å². The molecule has 2 amide bonds. The Labute approximate surface area is 164 Å². The molecule has 152 valence electrons. The van der Waals surface area contributed by atoms with Gasteiger partial charge in [-0.2, -0.15) is 18.4 Å². The fourth-order valence-electron chi connectivity index (χ4n) is 3.17. The first-order valence-electron chi connectivity index (χ1n) is 8.85. The molecular weight excluding hydrogens is 390 g/mol. The molecule has 0 heterocycles. The van der Waals surface area contributed by atoms with Crippen LogP contribution in [-0.2, 0) is 6.18 Å². The van der Waals surface area contributed by atoms with Gasteiger partial charge >= 0.3 is 12.2 Å². The fraction of sp³-hybridized carbons (Fsp3) is 0.300. The van der Waals surface area contributed by atoms with E-state index in [0.29, 0.717) is 25.0 Å². The van der Waals surface area contributed by atoms with E-state index in [0.717, 1.165) is 24.3 Å². The Morgan fingerprint density at radius 1 is 1.14 bits per heavy atom. The number of urea groups is 1. The number of rotatable bonds is 4. The van der Waals surface area contributed by atoms with Crippen LogP contribution in [0.3, 0.4) is 0 Å². The van der Waals surface area contributed by atoms with Gasteiger partial charge in [-0.1, -0.05) is 0 Å². The van der Waals surface area contributed by atoms with E-state index in [2.05, 4.69) is 10.6 Å². The largest absolute Gasteiger partial charge is 0.490 e. The molecule has 0 saturated heterocycles. The summed E-state index contributed by atoms with van der Waals surface area (Å²) in [5.41, 5.74) is -0.495. The van der Waals surface area contributed by atoms with Gasteiger partial charge in [-0.3, -0.25) is 0 Å². The van der Waals surface area contributed by atoms with E-state index in [1.807, 2.05) is 0 Å². The van der Waals surface area contributed by atoms with Crippen molar-refractivity contribution in [2.75, 3.05) is 5.32 Å². The Hall–Kier alpha value is -3.28. The zero-order valence-electron chi connectivity index (χ0n) is 15.1. The molecule has 1 fully saturated rings. The van der Waals surface area contributed by atoms with Gasteiger partial charge in [-0.25, -0.2) is 9.18 Å². The van der Waals surface area contributed by atoms with E-state index >= 15 is 0 Å². The van der Waals surface area contributed by atoms with E-state index in [1.165, 1.54) is 18.2 Å². The maximum atomic E-state index is 13.4. The van der Waals surface area contributed by atoms with Crippen LogP contribution in [0.2, 0.25) is 0 Å². The second-order valence-corrected chi connectivity index (χ2v) is 6.71. The third kappa shape index (κ3) is 5.60. The summed E-state index contributed by atoms with van der Waals surface area (Å²) in [5.74, 6) is -0.304. The zero-order valence-corrected chi connectivity index (χ0v) is 15.1. The SMILES string of the molecule is N#Cc1cc(F)cc(NC(=O)N[C@H]2CC[C@H](Oc3ccc(C(F)(F)F)cc3)C2)c1. The van der Waals surface area contributed by atoms with E-state index in [1.54, 1.807) is 6.07 Å². The average molecular weight is 407 g/mol. The van der Waals surface area contributed by atoms with Gasteiger partial charge in [0, 0.05) is 18.2 Å². The molecule has 0 aromatic heterocycles. The van der Waals surface area contributed by atoms with E-state index in [9.17, 15) is 22.4 Å². The third-order valence-corrected chi connectivity index (χ3v) is 4.49. The minimum atomic E-state index is -4.40. The van der Waals surface area contributed by atoms with Crippen LogP contribution in [0.1, 0.15) is 30.4 Å². The monoisotopic (exact) mass is 407 g/mol. The summed E-state index contributed by atoms with van der Waals surface area (Å²) >= 11 is 0. The number of halogens is 4. The van der Waals surface area contributed by atoms with Crippen molar-refractivity contribution in [1.82, 2.24) is 5.32 Å². The van der Waals surface area contributed by atoms with Gasteiger partial charge in [0.25, 0.3) is 0 Å². The number of nitrogens with one attached hydrogen (secondary N) is 2. The second-order valence-electron chi connectivity index (χ2n) is 6.71. The lowest BCUT2D eigenvalue weighted by molar-refractivity contribution is -0.137. The first-order valence-corrected chi connectivity index (χ1v) is 8.85. The lowest BCUT2D eigenvalue weighted by atomic mass is 10.2. The smallest absolute Gasteiger partial charge is 0.416 e. The van der Waals surface area contributed by atoms with Gasteiger partial charge in [0.2, 0.25) is 0 Å². The van der Waals surface area contributed by atoms with Gasteiger partial charge in [-0.15, -0.1) is 0 Å². The number of alkyl halides is 3. The van der Waals surface area contributed by atoms with Gasteiger partial charge in [0.05, 0.1) is 17.2 Å². The molecule has 5 nitrogen and oxygen atoms in total. The van der Waals surface area contributed by atoms with Crippen LogP contribution in [0, 0.1) is 17.1 Å². The van der Waals surface area contributed by atoms with Crippen molar-refractivity contribution in [2.45, 2.75) is 37.6 Å². The van der Waals surface area contributed by atoms with Gasteiger partial charge in [0.15, 0.2) is 0 Å². The van der Waals surface area contributed by atoms with Crippen LogP contribution < -0.4 is 15.4 Å². The zero-order chi connectivity index (χ0) is 21.0. The van der Waals surface area contributed by atoms with Crippen molar-refractivity contribution in [3.8, 4) is 11.8 Å². The Morgan fingerprint density at radius 2 is 1.86 bits per heavy atom. The summed E-state index contributed by atoms with van der Waals surface area (Å²) in [6, 6.07) is 9.05. The molecule has 0 unspecified atom stereocenters. The molecule has 2 aromatic carbocycles. The first-order chi connectivity index (χ1) is 13.7. The summed E-state index contributed by atoms with van der Waals surface area (Å²) in [4.78, 5) is 12.1. The number of hydrogen-bond acceptors (Lipinski definition) is 3. The summed E-state index contributed by atoms with van der Waals surface area (Å²) in [5, 5.41) is 14.1. The molecule has 9 heteroatoms. The molecule has 2 N–H and O–H groups in total. The molecule has 1 aliphatic carbocycles. The fourth-order valence-corrected chi connectivity index (χ4v) is 3.17. The standard InChI is InChI=1S/C20H17F4N3O2/c21-14-7-12(11-25)8-16(9-14)27-19(28)26-15-3-6-18(10-15)29-17-4-1-13(2-5-17)20(22,23)24/h1-2,4-5,7-9,15,18H,3,6,10H2,(H2,26,27,28)/t15-,18-/m0/s1. The number of carbonyl (C=O) groups excluding carboxylic acids is 1. The highest BCUT2D eigenvalue weighted by molar-refractivity contribution is 5.89. The number of ether oxygens (including phenoxy) is 1. The maximum Gasteiger partial charge on any atom is 0.416 e. The van der Waals surface area contributed by atoms with E-state index < -0.39 is 23.6 Å². The Bertz CT molecular complexity index is 923. The average Bonchev–Trinajstić information content (AvgIpc) is 3.07. The summed E-state index contributed by atoms with van der Waals surface area (Å²) < 4.78 is 56.9. The van der Waals surface area contributed by atoms with Crippen LogP contribution in [0.5, 0.6) is 5.75 Å². The Kier molecular flexibility index (Phi) is 5.92. The lowest BCUT2D eigenvalue weighted by Gasteiger charge is -2.16. The Morgan fingerprint density at radius 3 is 2.52 bits per heavy atom. The molecule has 0 bridgehead atoms. The molecular formula is C20H17F4N3O2. The molecule has 1 saturated carbocycles. The molecule has 1 aliphatic rings. The molecule has 29 heavy (non-hydrogen) atoms. The van der Waals surface area contributed by atoms with Crippen molar-refractivity contribution in [2.24, 2.45) is 0 Å². The molecule has 2 atom stereocenters. The number of nitrogens with zero attached hydrogens (tertiary/aromatic N) is 1. The predicted molar refractivity (Wildman–Crippen MR) is 96.8 cm³/mol. The quantitative estimate of drug-likeness (QED) is 0.713. The van der Waals surface area contributed by atoms with E-state index in [4.69, 9.17) is 10.00 Å². The first kappa shape index (κ1) is 20.5. The number of benzene rings is 2. The van der Waals surface area contributed by atoms with Crippen molar-refractivity contribution in [3.05, 3.63) is 59.4 Å². The minimum absolute atomic E-state index is 0.0890. The van der Waals surface area contributed by atoms with Gasteiger partial charge in [-0.05, 0) is 55.3 Å². The van der Waals surface area contributed by atoms with Crippen molar-refractivity contribution < 1.29 is 27.1 Å². The summed E-state index contributed by atoms with van der Waals surface area (Å²) in [6.07, 6.45) is -2.89. The molecule has 3 rings (SSSR count). The highest BCUT2D eigenvalue weighted by Crippen LogP contribution is 2.31. The molecule has 0 aliphatic heterocycles. The predicted octanol–water partition coefficient (Wildman–Crippen LogP) is 4.84. The van der Waals surface area contributed by atoms with Gasteiger partial charge < -0.3 is 15.4 Å². The lowest BCUT2D eigenvalue weighted by Crippen LogP contribution is -2.37. The van der Waals surface area contributed by atoms with Crippen LogP contribution in [-0.4, -0.2) is 18.2 Å². The van der Waals surface area contributed by atoms with Crippen LogP contribution in [0.15, 0.2) is 42.5 Å². The molecule has 0 radical (unpaired) electrons. The maximum absolute atomic E-state index is 13.4. The van der Waals surface area contributed by atoms with Crippen LogP contribution in [0.25, 0.3) is 0 Å². The number of nitriles is 1. The topological polar surface area (TPSA) is 74.2 Å². The molecule has 0 spiro atoms. The third-order valence-electron chi connectivity index (χ3n) is 4.49. The second kappa shape index (κ2) is 8.39. The number of carbonyl (C=O) groups is 1. The minimum Gasteiger partial charge on any atom is -0.490 e. The van der Waals surface area contributed by atoms with Crippen molar-refractivity contribution >= 4 is 11.7 Å². The Balaban J connectivity index is 1.50. The number of anilines is 1. The molecule has 2 aromatic rings. The van der Waals surface area contributed by atoms with Crippen molar-refractivity contribution in [3.63, 3.8) is 0 Å². The van der Waals surface area contributed by atoms with Crippen LogP contribution >= 0.6 is 0 Å². The van der Waals surface area contributed by atoms with Crippen molar-refractivity contribution in [1.29, 1.82) is 5.26 Å². The van der Waals surface area contributed by atoms with Crippen LogP contribution in [0.4, 0.5) is 28.0 Å². The number of hydrogen-bond donors (Lipinski definition) is 2. The highest BCUT2D eigenvalue weighted by Gasteiger charge is 2.31. The summed E-state index contributed by atoms with van der Waals surface area (Å²) in [6.45, 7) is 0.